The second kappa shape index (κ2) is 8.73. The summed E-state index contributed by atoms with van der Waals surface area (Å²) >= 11 is 0. The molecule has 2 unspecified atom stereocenters. The molecule has 170 valence electrons. The maximum absolute atomic E-state index is 13.0. The first kappa shape index (κ1) is 21.2. The number of piperidine rings is 2. The van der Waals surface area contributed by atoms with Gasteiger partial charge in [-0.25, -0.2) is 0 Å². The highest BCUT2D eigenvalue weighted by Gasteiger charge is 2.44. The number of carbonyl (C=O) groups excluding carboxylic acids is 4. The van der Waals surface area contributed by atoms with E-state index in [1.165, 1.54) is 12.8 Å². The summed E-state index contributed by atoms with van der Waals surface area (Å²) in [6.45, 7) is 6.95. The predicted molar refractivity (Wildman–Crippen MR) is 116 cm³/mol. The lowest BCUT2D eigenvalue weighted by molar-refractivity contribution is -0.136. The fraction of sp³-hybridized carbons (Fsp3) is 0.565. The Bertz CT molecular complexity index is 950. The minimum atomic E-state index is -0.925. The van der Waals surface area contributed by atoms with Crippen molar-refractivity contribution in [3.63, 3.8) is 0 Å². The van der Waals surface area contributed by atoms with Crippen molar-refractivity contribution in [1.82, 2.24) is 25.3 Å². The van der Waals surface area contributed by atoms with Crippen LogP contribution >= 0.6 is 0 Å². The molecule has 4 heterocycles. The van der Waals surface area contributed by atoms with Gasteiger partial charge in [0.05, 0.1) is 11.1 Å². The SMILES string of the molecule is O=C1CCC(N2C(=O)c3ccc(CN4CCN(C5CCCNC5)CC4)cc3C2=O)C(=O)N1. The largest absolute Gasteiger partial charge is 0.315 e. The molecular formula is C23H29N5O4. The van der Waals surface area contributed by atoms with Gasteiger partial charge < -0.3 is 5.32 Å². The number of rotatable bonds is 4. The summed E-state index contributed by atoms with van der Waals surface area (Å²) in [5, 5.41) is 5.71. The van der Waals surface area contributed by atoms with Gasteiger partial charge in [-0.1, -0.05) is 6.07 Å². The average Bonchev–Trinajstić information content (AvgIpc) is 3.05. The molecule has 0 radical (unpaired) electrons. The molecule has 0 saturated carbocycles. The molecule has 0 aliphatic carbocycles. The number of imide groups is 2. The summed E-state index contributed by atoms with van der Waals surface area (Å²) in [4.78, 5) is 55.5. The maximum atomic E-state index is 13.0. The van der Waals surface area contributed by atoms with Gasteiger partial charge in [-0.15, -0.1) is 0 Å². The Morgan fingerprint density at radius 1 is 0.938 bits per heavy atom. The van der Waals surface area contributed by atoms with E-state index in [0.717, 1.165) is 56.3 Å². The van der Waals surface area contributed by atoms with Crippen LogP contribution in [0.3, 0.4) is 0 Å². The number of nitrogens with one attached hydrogen (secondary N) is 2. The molecule has 0 spiro atoms. The van der Waals surface area contributed by atoms with Gasteiger partial charge >= 0.3 is 0 Å². The van der Waals surface area contributed by atoms with E-state index in [2.05, 4.69) is 20.4 Å². The Morgan fingerprint density at radius 2 is 1.72 bits per heavy atom. The Morgan fingerprint density at radius 3 is 2.44 bits per heavy atom. The van der Waals surface area contributed by atoms with E-state index in [4.69, 9.17) is 0 Å². The zero-order valence-electron chi connectivity index (χ0n) is 18.1. The third-order valence-corrected chi connectivity index (χ3v) is 7.10. The predicted octanol–water partition coefficient (Wildman–Crippen LogP) is -0.0426. The number of piperazine rings is 1. The summed E-state index contributed by atoms with van der Waals surface area (Å²) in [6, 6.07) is 5.09. The number of carbonyl (C=O) groups is 4. The topological polar surface area (TPSA) is 102 Å². The minimum Gasteiger partial charge on any atom is -0.315 e. The molecule has 9 heteroatoms. The molecule has 2 atom stereocenters. The molecular weight excluding hydrogens is 410 g/mol. The third kappa shape index (κ3) is 3.96. The number of nitrogens with zero attached hydrogens (tertiary/aromatic N) is 3. The van der Waals surface area contributed by atoms with Crippen LogP contribution in [0.5, 0.6) is 0 Å². The highest BCUT2D eigenvalue weighted by Crippen LogP contribution is 2.28. The van der Waals surface area contributed by atoms with Crippen molar-refractivity contribution in [2.45, 2.75) is 44.3 Å². The lowest BCUT2D eigenvalue weighted by Gasteiger charge is -2.40. The smallest absolute Gasteiger partial charge is 0.262 e. The Kier molecular flexibility index (Phi) is 5.79. The monoisotopic (exact) mass is 439 g/mol. The number of benzene rings is 1. The van der Waals surface area contributed by atoms with Crippen LogP contribution in [0.25, 0.3) is 0 Å². The summed E-state index contributed by atoms with van der Waals surface area (Å²) < 4.78 is 0. The molecule has 2 N–H and O–H groups in total. The van der Waals surface area contributed by atoms with Crippen LogP contribution in [-0.2, 0) is 16.1 Å². The number of hydrogen-bond acceptors (Lipinski definition) is 7. The van der Waals surface area contributed by atoms with Gasteiger partial charge in [0, 0.05) is 51.7 Å². The first-order valence-corrected chi connectivity index (χ1v) is 11.5. The summed E-state index contributed by atoms with van der Waals surface area (Å²) in [5.41, 5.74) is 1.67. The fourth-order valence-corrected chi connectivity index (χ4v) is 5.31. The van der Waals surface area contributed by atoms with Crippen LogP contribution in [-0.4, -0.2) is 89.7 Å². The van der Waals surface area contributed by atoms with Gasteiger partial charge in [0.25, 0.3) is 11.8 Å². The van der Waals surface area contributed by atoms with Crippen molar-refractivity contribution >= 4 is 23.6 Å². The van der Waals surface area contributed by atoms with Crippen molar-refractivity contribution in [2.75, 3.05) is 39.3 Å². The molecule has 4 aliphatic rings. The van der Waals surface area contributed by atoms with Crippen LogP contribution in [0.15, 0.2) is 18.2 Å². The second-order valence-corrected chi connectivity index (χ2v) is 9.14. The quantitative estimate of drug-likeness (QED) is 0.635. The molecule has 5 rings (SSSR count). The highest BCUT2D eigenvalue weighted by atomic mass is 16.2. The molecule has 9 nitrogen and oxygen atoms in total. The summed E-state index contributed by atoms with van der Waals surface area (Å²) in [6.07, 6.45) is 2.79. The Balaban J connectivity index is 1.23. The molecule has 0 aromatic heterocycles. The molecule has 4 amide bonds. The first-order chi connectivity index (χ1) is 15.5. The van der Waals surface area contributed by atoms with E-state index >= 15 is 0 Å². The van der Waals surface area contributed by atoms with Crippen molar-refractivity contribution in [3.8, 4) is 0 Å². The van der Waals surface area contributed by atoms with Crippen molar-refractivity contribution in [1.29, 1.82) is 0 Å². The van der Waals surface area contributed by atoms with Gasteiger partial charge in [-0.05, 0) is 43.5 Å². The lowest BCUT2D eigenvalue weighted by atomic mass is 10.0. The molecule has 3 saturated heterocycles. The van der Waals surface area contributed by atoms with E-state index in [1.807, 2.05) is 6.07 Å². The van der Waals surface area contributed by atoms with E-state index in [-0.39, 0.29) is 18.7 Å². The Labute approximate surface area is 187 Å². The van der Waals surface area contributed by atoms with Crippen LogP contribution < -0.4 is 10.6 Å². The summed E-state index contributed by atoms with van der Waals surface area (Å²) in [7, 11) is 0. The number of amides is 4. The fourth-order valence-electron chi connectivity index (χ4n) is 5.31. The first-order valence-electron chi connectivity index (χ1n) is 11.5. The molecule has 0 bridgehead atoms. The zero-order valence-corrected chi connectivity index (χ0v) is 18.1. The van der Waals surface area contributed by atoms with Gasteiger partial charge in [-0.3, -0.25) is 39.2 Å². The third-order valence-electron chi connectivity index (χ3n) is 7.10. The van der Waals surface area contributed by atoms with Gasteiger partial charge in [0.15, 0.2) is 0 Å². The van der Waals surface area contributed by atoms with Gasteiger partial charge in [0.1, 0.15) is 6.04 Å². The summed E-state index contributed by atoms with van der Waals surface area (Å²) in [5.74, 6) is -1.86. The van der Waals surface area contributed by atoms with Gasteiger partial charge in [-0.2, -0.15) is 0 Å². The van der Waals surface area contributed by atoms with Crippen molar-refractivity contribution < 1.29 is 19.2 Å². The average molecular weight is 440 g/mol. The van der Waals surface area contributed by atoms with Gasteiger partial charge in [0.2, 0.25) is 11.8 Å². The van der Waals surface area contributed by atoms with Crippen LogP contribution in [0.4, 0.5) is 0 Å². The zero-order chi connectivity index (χ0) is 22.2. The molecule has 1 aromatic carbocycles. The minimum absolute atomic E-state index is 0.123. The molecule has 3 fully saturated rings. The van der Waals surface area contributed by atoms with E-state index in [0.29, 0.717) is 17.2 Å². The van der Waals surface area contributed by atoms with Crippen LogP contribution in [0, 0.1) is 0 Å². The van der Waals surface area contributed by atoms with Crippen molar-refractivity contribution in [2.24, 2.45) is 0 Å². The lowest BCUT2D eigenvalue weighted by Crippen LogP contribution is -2.54. The second-order valence-electron chi connectivity index (χ2n) is 9.14. The highest BCUT2D eigenvalue weighted by molar-refractivity contribution is 6.23. The molecule has 32 heavy (non-hydrogen) atoms. The number of fused-ring (bicyclic) bond motifs is 1. The van der Waals surface area contributed by atoms with Crippen LogP contribution in [0.1, 0.15) is 52.0 Å². The van der Waals surface area contributed by atoms with E-state index < -0.39 is 23.8 Å². The van der Waals surface area contributed by atoms with E-state index in [9.17, 15) is 19.2 Å². The maximum Gasteiger partial charge on any atom is 0.262 e. The Hall–Kier alpha value is -2.62. The van der Waals surface area contributed by atoms with Crippen molar-refractivity contribution in [3.05, 3.63) is 34.9 Å². The molecule has 4 aliphatic heterocycles. The standard InChI is InChI=1S/C23H29N5O4/c29-20-6-5-19(21(30)25-20)28-22(31)17-4-3-15(12-18(17)23(28)32)14-26-8-10-27(11-9-26)16-2-1-7-24-13-16/h3-4,12,16,19,24H,1-2,5-11,13-14H2,(H,25,29,30). The molecule has 1 aromatic rings. The normalized spacial score (nSPS) is 27.6. The number of hydrogen-bond donors (Lipinski definition) is 2. The van der Waals surface area contributed by atoms with E-state index in [1.54, 1.807) is 12.1 Å². The van der Waals surface area contributed by atoms with Crippen LogP contribution in [0.2, 0.25) is 0 Å².